The molecule has 0 N–H and O–H groups in total. The zero-order valence-corrected chi connectivity index (χ0v) is 13.8. The highest BCUT2D eigenvalue weighted by Crippen LogP contribution is 2.39. The van der Waals surface area contributed by atoms with Gasteiger partial charge < -0.3 is 14.2 Å². The van der Waals surface area contributed by atoms with Gasteiger partial charge in [0, 0.05) is 5.02 Å². The standard InChI is InChI=1S/C18H16ClNO3/c1-21-16-9-12(10-17(22-2)18(16)23-3)8-14(11-20)13-4-6-15(19)7-5-13/h4-10H,1-3H3/b14-8+. The third-order valence-corrected chi connectivity index (χ3v) is 3.53. The van der Waals surface area contributed by atoms with Crippen LogP contribution in [0.15, 0.2) is 36.4 Å². The van der Waals surface area contributed by atoms with Crippen LogP contribution in [0.3, 0.4) is 0 Å². The van der Waals surface area contributed by atoms with Crippen molar-refractivity contribution >= 4 is 23.3 Å². The highest BCUT2D eigenvalue weighted by molar-refractivity contribution is 6.30. The van der Waals surface area contributed by atoms with Gasteiger partial charge in [-0.05, 0) is 41.5 Å². The molecular formula is C18H16ClNO3. The summed E-state index contributed by atoms with van der Waals surface area (Å²) in [6.45, 7) is 0. The molecule has 2 aromatic carbocycles. The van der Waals surface area contributed by atoms with E-state index in [9.17, 15) is 5.26 Å². The van der Waals surface area contributed by atoms with Crippen LogP contribution in [0.4, 0.5) is 0 Å². The third-order valence-electron chi connectivity index (χ3n) is 3.27. The van der Waals surface area contributed by atoms with Crippen LogP contribution in [-0.2, 0) is 0 Å². The third kappa shape index (κ3) is 3.77. The van der Waals surface area contributed by atoms with E-state index < -0.39 is 0 Å². The number of halogens is 1. The fraction of sp³-hybridized carbons (Fsp3) is 0.167. The van der Waals surface area contributed by atoms with E-state index in [1.54, 1.807) is 63.8 Å². The maximum absolute atomic E-state index is 9.43. The molecular weight excluding hydrogens is 314 g/mol. The molecule has 0 heterocycles. The Morgan fingerprint density at radius 3 is 2.00 bits per heavy atom. The van der Waals surface area contributed by atoms with Crippen molar-refractivity contribution in [1.82, 2.24) is 0 Å². The van der Waals surface area contributed by atoms with Crippen molar-refractivity contribution in [3.63, 3.8) is 0 Å². The summed E-state index contributed by atoms with van der Waals surface area (Å²) >= 11 is 5.88. The van der Waals surface area contributed by atoms with Gasteiger partial charge in [0.25, 0.3) is 0 Å². The Morgan fingerprint density at radius 1 is 1.00 bits per heavy atom. The van der Waals surface area contributed by atoms with E-state index in [1.165, 1.54) is 0 Å². The van der Waals surface area contributed by atoms with Crippen LogP contribution < -0.4 is 14.2 Å². The summed E-state index contributed by atoms with van der Waals surface area (Å²) in [6, 6.07) is 12.9. The molecule has 23 heavy (non-hydrogen) atoms. The van der Waals surface area contributed by atoms with Crippen LogP contribution in [0.25, 0.3) is 11.6 Å². The van der Waals surface area contributed by atoms with Gasteiger partial charge in [-0.1, -0.05) is 23.7 Å². The molecule has 0 atom stereocenters. The van der Waals surface area contributed by atoms with Crippen LogP contribution in [-0.4, -0.2) is 21.3 Å². The lowest BCUT2D eigenvalue weighted by atomic mass is 10.0. The molecule has 0 unspecified atom stereocenters. The molecule has 4 nitrogen and oxygen atoms in total. The minimum atomic E-state index is 0.510. The van der Waals surface area contributed by atoms with E-state index in [0.717, 1.165) is 11.1 Å². The van der Waals surface area contributed by atoms with Crippen molar-refractivity contribution < 1.29 is 14.2 Å². The van der Waals surface area contributed by atoms with E-state index in [1.807, 2.05) is 0 Å². The summed E-state index contributed by atoms with van der Waals surface area (Å²) < 4.78 is 15.9. The molecule has 0 bridgehead atoms. The van der Waals surface area contributed by atoms with E-state index in [-0.39, 0.29) is 0 Å². The number of rotatable bonds is 5. The Hall–Kier alpha value is -2.64. The number of methoxy groups -OCH3 is 3. The lowest BCUT2D eigenvalue weighted by Crippen LogP contribution is -1.95. The Morgan fingerprint density at radius 2 is 1.57 bits per heavy atom. The molecule has 0 aliphatic heterocycles. The van der Waals surface area contributed by atoms with Crippen molar-refractivity contribution in [2.24, 2.45) is 0 Å². The summed E-state index contributed by atoms with van der Waals surface area (Å²) in [4.78, 5) is 0. The average Bonchev–Trinajstić information content (AvgIpc) is 2.59. The molecule has 0 fully saturated rings. The number of nitrogens with zero attached hydrogens (tertiary/aromatic N) is 1. The zero-order chi connectivity index (χ0) is 16.8. The van der Waals surface area contributed by atoms with Gasteiger partial charge in [0.2, 0.25) is 5.75 Å². The van der Waals surface area contributed by atoms with Crippen molar-refractivity contribution in [2.45, 2.75) is 0 Å². The van der Waals surface area contributed by atoms with Crippen molar-refractivity contribution in [3.05, 3.63) is 52.5 Å². The second-order valence-electron chi connectivity index (χ2n) is 4.64. The number of ether oxygens (including phenoxy) is 3. The van der Waals surface area contributed by atoms with Gasteiger partial charge in [0.15, 0.2) is 11.5 Å². The van der Waals surface area contributed by atoms with Gasteiger partial charge in [-0.3, -0.25) is 0 Å². The molecule has 0 spiro atoms. The lowest BCUT2D eigenvalue weighted by Gasteiger charge is -2.13. The molecule has 0 amide bonds. The van der Waals surface area contributed by atoms with Crippen LogP contribution in [0.2, 0.25) is 5.02 Å². The molecule has 5 heteroatoms. The fourth-order valence-corrected chi connectivity index (χ4v) is 2.29. The van der Waals surface area contributed by atoms with E-state index >= 15 is 0 Å². The van der Waals surface area contributed by atoms with Crippen LogP contribution >= 0.6 is 11.6 Å². The highest BCUT2D eigenvalue weighted by atomic mass is 35.5. The summed E-state index contributed by atoms with van der Waals surface area (Å²) in [5, 5.41) is 10.0. The Bertz CT molecular complexity index is 736. The first kappa shape index (κ1) is 16.7. The summed E-state index contributed by atoms with van der Waals surface area (Å²) in [5.74, 6) is 1.58. The first-order valence-corrected chi connectivity index (χ1v) is 7.18. The van der Waals surface area contributed by atoms with Crippen molar-refractivity contribution in [1.29, 1.82) is 5.26 Å². The van der Waals surface area contributed by atoms with Gasteiger partial charge in [0.1, 0.15) is 0 Å². The molecule has 0 saturated carbocycles. The van der Waals surface area contributed by atoms with Gasteiger partial charge in [-0.15, -0.1) is 0 Å². The minimum Gasteiger partial charge on any atom is -0.493 e. The quantitative estimate of drug-likeness (QED) is 0.601. The Kier molecular flexibility index (Phi) is 5.51. The minimum absolute atomic E-state index is 0.510. The molecule has 118 valence electrons. The number of benzene rings is 2. The average molecular weight is 330 g/mol. The van der Waals surface area contributed by atoms with Crippen molar-refractivity contribution in [3.8, 4) is 23.3 Å². The lowest BCUT2D eigenvalue weighted by molar-refractivity contribution is 0.324. The summed E-state index contributed by atoms with van der Waals surface area (Å²) in [6.07, 6.45) is 1.76. The Labute approximate surface area is 140 Å². The predicted octanol–water partition coefficient (Wildman–Crippen LogP) is 4.43. The molecule has 2 aromatic rings. The number of hydrogen-bond donors (Lipinski definition) is 0. The smallest absolute Gasteiger partial charge is 0.203 e. The largest absolute Gasteiger partial charge is 0.493 e. The zero-order valence-electron chi connectivity index (χ0n) is 13.1. The maximum Gasteiger partial charge on any atom is 0.203 e. The summed E-state index contributed by atoms with van der Waals surface area (Å²) in [5.41, 5.74) is 2.06. The molecule has 0 saturated heterocycles. The van der Waals surface area contributed by atoms with Gasteiger partial charge in [-0.2, -0.15) is 5.26 Å². The van der Waals surface area contributed by atoms with Crippen LogP contribution in [0.1, 0.15) is 11.1 Å². The van der Waals surface area contributed by atoms with Gasteiger partial charge in [0.05, 0.1) is 33.0 Å². The first-order chi connectivity index (χ1) is 11.1. The molecule has 0 aliphatic carbocycles. The van der Waals surface area contributed by atoms with E-state index in [4.69, 9.17) is 25.8 Å². The second-order valence-corrected chi connectivity index (χ2v) is 5.07. The monoisotopic (exact) mass is 329 g/mol. The van der Waals surface area contributed by atoms with E-state index in [2.05, 4.69) is 6.07 Å². The normalized spacial score (nSPS) is 10.8. The molecule has 2 rings (SSSR count). The summed E-state index contributed by atoms with van der Waals surface area (Å²) in [7, 11) is 4.65. The second kappa shape index (κ2) is 7.57. The first-order valence-electron chi connectivity index (χ1n) is 6.80. The molecule has 0 aromatic heterocycles. The van der Waals surface area contributed by atoms with E-state index in [0.29, 0.717) is 27.8 Å². The number of allylic oxidation sites excluding steroid dienone is 1. The topological polar surface area (TPSA) is 51.5 Å². The maximum atomic E-state index is 9.43. The van der Waals surface area contributed by atoms with Crippen LogP contribution in [0, 0.1) is 11.3 Å². The SMILES string of the molecule is COc1cc(/C=C(\C#N)c2ccc(Cl)cc2)cc(OC)c1OC. The van der Waals surface area contributed by atoms with Crippen LogP contribution in [0.5, 0.6) is 17.2 Å². The predicted molar refractivity (Wildman–Crippen MR) is 91.0 cm³/mol. The fourth-order valence-electron chi connectivity index (χ4n) is 2.16. The number of nitriles is 1. The molecule has 0 aliphatic rings. The van der Waals surface area contributed by atoms with Gasteiger partial charge in [-0.25, -0.2) is 0 Å². The Balaban J connectivity index is 2.52. The van der Waals surface area contributed by atoms with Gasteiger partial charge >= 0.3 is 0 Å². The number of hydrogen-bond acceptors (Lipinski definition) is 4. The highest BCUT2D eigenvalue weighted by Gasteiger charge is 2.13. The molecule has 0 radical (unpaired) electrons. The van der Waals surface area contributed by atoms with Crippen molar-refractivity contribution in [2.75, 3.05) is 21.3 Å².